The molecule has 0 aromatic carbocycles. The topological polar surface area (TPSA) is 9.23 Å². The zero-order valence-electron chi connectivity index (χ0n) is 6.47. The van der Waals surface area contributed by atoms with Crippen molar-refractivity contribution in [1.82, 2.24) is 0 Å². The third kappa shape index (κ3) is 4.18. The van der Waals surface area contributed by atoms with Gasteiger partial charge in [0.1, 0.15) is 0 Å². The van der Waals surface area contributed by atoms with E-state index in [1.165, 1.54) is 37.2 Å². The second-order valence-electron chi connectivity index (χ2n) is 2.64. The maximum absolute atomic E-state index is 5.39. The fourth-order valence-electron chi connectivity index (χ4n) is 1.08. The van der Waals surface area contributed by atoms with E-state index in [9.17, 15) is 0 Å². The maximum atomic E-state index is 5.39. The largest absolute Gasteiger partial charge is 0.381 e. The first kappa shape index (κ1) is 8.41. The van der Waals surface area contributed by atoms with E-state index >= 15 is 0 Å². The highest BCUT2D eigenvalue weighted by Gasteiger charge is 1.95. The van der Waals surface area contributed by atoms with E-state index in [4.69, 9.17) is 4.74 Å². The Bertz CT molecular complexity index is 42.4. The maximum Gasteiger partial charge on any atom is 0.0556 e. The predicted octanol–water partition coefficient (Wildman–Crippen LogP) is 2.31. The molecular weight excluding hydrogens is 144 g/mol. The molecule has 1 rings (SSSR count). The van der Waals surface area contributed by atoms with Crippen molar-refractivity contribution in [2.75, 3.05) is 24.7 Å². The minimum absolute atomic E-state index is 0.963. The molecule has 1 nitrogen and oxygen atoms in total. The van der Waals surface area contributed by atoms with E-state index in [2.05, 4.69) is 0 Å². The molecule has 0 aromatic heterocycles. The van der Waals surface area contributed by atoms with Crippen molar-refractivity contribution in [2.45, 2.75) is 25.7 Å². The van der Waals surface area contributed by atoms with Crippen LogP contribution < -0.4 is 0 Å². The molecule has 0 spiro atoms. The molecule has 0 atom stereocenters. The molecule has 1 saturated heterocycles. The molecule has 60 valence electrons. The summed E-state index contributed by atoms with van der Waals surface area (Å²) >= 11 is 2.03. The van der Waals surface area contributed by atoms with Gasteiger partial charge in [0.15, 0.2) is 0 Å². The lowest BCUT2D eigenvalue weighted by atomic mass is 10.2. The SMILES string of the molecule is C1CCCSCCOCC1. The third-order valence-corrected chi connectivity index (χ3v) is 2.73. The van der Waals surface area contributed by atoms with Crippen LogP contribution in [-0.2, 0) is 4.74 Å². The fourth-order valence-corrected chi connectivity index (χ4v) is 1.93. The molecule has 10 heavy (non-hydrogen) atoms. The molecule has 0 saturated carbocycles. The zero-order chi connectivity index (χ0) is 7.07. The van der Waals surface area contributed by atoms with Gasteiger partial charge in [0, 0.05) is 12.4 Å². The summed E-state index contributed by atoms with van der Waals surface area (Å²) < 4.78 is 5.39. The molecule has 0 amide bonds. The number of rotatable bonds is 0. The minimum Gasteiger partial charge on any atom is -0.381 e. The fraction of sp³-hybridized carbons (Fsp3) is 1.00. The van der Waals surface area contributed by atoms with Crippen LogP contribution in [0.5, 0.6) is 0 Å². The Morgan fingerprint density at radius 3 is 2.70 bits per heavy atom. The van der Waals surface area contributed by atoms with Gasteiger partial charge < -0.3 is 4.74 Å². The Hall–Kier alpha value is 0.310. The molecule has 0 aromatic rings. The van der Waals surface area contributed by atoms with E-state index in [1.807, 2.05) is 11.8 Å². The standard InChI is InChI=1S/C8H16OS/c1-2-4-7-10-8-6-9-5-3-1/h1-8H2. The molecule has 0 aliphatic carbocycles. The second kappa shape index (κ2) is 6.05. The quantitative estimate of drug-likeness (QED) is 0.538. The van der Waals surface area contributed by atoms with Gasteiger partial charge in [-0.15, -0.1) is 0 Å². The number of hydrogen-bond acceptors (Lipinski definition) is 2. The summed E-state index contributed by atoms with van der Waals surface area (Å²) in [7, 11) is 0. The summed E-state index contributed by atoms with van der Waals surface area (Å²) in [6, 6.07) is 0. The Kier molecular flexibility index (Phi) is 5.08. The molecule has 1 aliphatic rings. The molecular formula is C8H16OS. The molecule has 1 aliphatic heterocycles. The summed E-state index contributed by atoms with van der Waals surface area (Å²) in [4.78, 5) is 0. The minimum atomic E-state index is 0.963. The van der Waals surface area contributed by atoms with Crippen LogP contribution in [0.4, 0.5) is 0 Å². The summed E-state index contributed by atoms with van der Waals surface area (Å²) in [6.07, 6.45) is 5.44. The van der Waals surface area contributed by atoms with Crippen LogP contribution in [-0.4, -0.2) is 24.7 Å². The third-order valence-electron chi connectivity index (χ3n) is 1.70. The Morgan fingerprint density at radius 2 is 1.70 bits per heavy atom. The van der Waals surface area contributed by atoms with Gasteiger partial charge in [-0.1, -0.05) is 12.8 Å². The molecule has 1 fully saturated rings. The Morgan fingerprint density at radius 1 is 0.800 bits per heavy atom. The Labute approximate surface area is 67.5 Å². The second-order valence-corrected chi connectivity index (χ2v) is 3.86. The van der Waals surface area contributed by atoms with Crippen LogP contribution in [0.25, 0.3) is 0 Å². The van der Waals surface area contributed by atoms with Gasteiger partial charge in [0.25, 0.3) is 0 Å². The summed E-state index contributed by atoms with van der Waals surface area (Å²) in [6.45, 7) is 1.95. The average molecular weight is 160 g/mol. The van der Waals surface area contributed by atoms with Gasteiger partial charge in [-0.25, -0.2) is 0 Å². The van der Waals surface area contributed by atoms with Crippen LogP contribution in [0.3, 0.4) is 0 Å². The van der Waals surface area contributed by atoms with E-state index in [0.29, 0.717) is 0 Å². The average Bonchev–Trinajstić information content (AvgIpc) is 2.01. The van der Waals surface area contributed by atoms with Crippen molar-refractivity contribution in [3.63, 3.8) is 0 Å². The number of ether oxygens (including phenoxy) is 1. The van der Waals surface area contributed by atoms with Gasteiger partial charge in [0.05, 0.1) is 6.61 Å². The van der Waals surface area contributed by atoms with Gasteiger partial charge >= 0.3 is 0 Å². The smallest absolute Gasteiger partial charge is 0.0556 e. The van der Waals surface area contributed by atoms with Gasteiger partial charge in [0.2, 0.25) is 0 Å². The van der Waals surface area contributed by atoms with Crippen LogP contribution in [0, 0.1) is 0 Å². The first-order valence-corrected chi connectivity index (χ1v) is 5.31. The molecule has 0 bridgehead atoms. The van der Waals surface area contributed by atoms with Crippen molar-refractivity contribution in [2.24, 2.45) is 0 Å². The molecule has 2 heteroatoms. The van der Waals surface area contributed by atoms with Gasteiger partial charge in [-0.05, 0) is 18.6 Å². The lowest BCUT2D eigenvalue weighted by Crippen LogP contribution is -2.01. The van der Waals surface area contributed by atoms with E-state index < -0.39 is 0 Å². The van der Waals surface area contributed by atoms with E-state index in [-0.39, 0.29) is 0 Å². The van der Waals surface area contributed by atoms with Crippen molar-refractivity contribution in [1.29, 1.82) is 0 Å². The monoisotopic (exact) mass is 160 g/mol. The lowest BCUT2D eigenvalue weighted by Gasteiger charge is -2.07. The molecule has 0 radical (unpaired) electrons. The molecule has 0 unspecified atom stereocenters. The van der Waals surface area contributed by atoms with Crippen LogP contribution >= 0.6 is 11.8 Å². The van der Waals surface area contributed by atoms with Gasteiger partial charge in [-0.3, -0.25) is 0 Å². The van der Waals surface area contributed by atoms with E-state index in [0.717, 1.165) is 13.2 Å². The van der Waals surface area contributed by atoms with E-state index in [1.54, 1.807) is 0 Å². The number of hydrogen-bond donors (Lipinski definition) is 0. The van der Waals surface area contributed by atoms with Crippen LogP contribution in [0.15, 0.2) is 0 Å². The van der Waals surface area contributed by atoms with Crippen LogP contribution in [0.2, 0.25) is 0 Å². The van der Waals surface area contributed by atoms with Gasteiger partial charge in [-0.2, -0.15) is 11.8 Å². The van der Waals surface area contributed by atoms with Crippen molar-refractivity contribution >= 4 is 11.8 Å². The first-order chi connectivity index (χ1) is 5.00. The zero-order valence-corrected chi connectivity index (χ0v) is 7.29. The summed E-state index contributed by atoms with van der Waals surface area (Å²) in [5.74, 6) is 2.53. The summed E-state index contributed by atoms with van der Waals surface area (Å²) in [5.41, 5.74) is 0. The van der Waals surface area contributed by atoms with Crippen LogP contribution in [0.1, 0.15) is 25.7 Å². The van der Waals surface area contributed by atoms with Crippen molar-refractivity contribution in [3.05, 3.63) is 0 Å². The summed E-state index contributed by atoms with van der Waals surface area (Å²) in [5, 5.41) is 0. The molecule has 0 N–H and O–H groups in total. The highest BCUT2D eigenvalue weighted by atomic mass is 32.2. The van der Waals surface area contributed by atoms with Crippen molar-refractivity contribution in [3.8, 4) is 0 Å². The lowest BCUT2D eigenvalue weighted by molar-refractivity contribution is 0.145. The first-order valence-electron chi connectivity index (χ1n) is 4.15. The normalized spacial score (nSPS) is 24.0. The number of thioether (sulfide) groups is 1. The predicted molar refractivity (Wildman–Crippen MR) is 46.6 cm³/mol. The highest BCUT2D eigenvalue weighted by molar-refractivity contribution is 7.99. The van der Waals surface area contributed by atoms with Crippen molar-refractivity contribution < 1.29 is 4.74 Å². The highest BCUT2D eigenvalue weighted by Crippen LogP contribution is 2.09. The molecule has 1 heterocycles. The Balaban J connectivity index is 2.00.